The van der Waals surface area contributed by atoms with Crippen LogP contribution in [-0.4, -0.2) is 30.1 Å². The van der Waals surface area contributed by atoms with E-state index in [-0.39, 0.29) is 12.1 Å². The number of aryl methyl sites for hydroxylation is 1. The number of aliphatic hydroxyl groups excluding tert-OH is 1. The number of nitrogens with two attached hydrogens (primary N) is 1. The van der Waals surface area contributed by atoms with Crippen LogP contribution in [0.1, 0.15) is 48.3 Å². The van der Waals surface area contributed by atoms with Crippen LogP contribution in [0.4, 0.5) is 0 Å². The molecule has 0 saturated heterocycles. The van der Waals surface area contributed by atoms with Crippen molar-refractivity contribution >= 4 is 11.8 Å². The van der Waals surface area contributed by atoms with Crippen molar-refractivity contribution in [2.75, 3.05) is 19.5 Å². The molecule has 0 unspecified atom stereocenters. The maximum absolute atomic E-state index is 9.54. The van der Waals surface area contributed by atoms with Crippen molar-refractivity contribution < 1.29 is 9.84 Å². The molecule has 0 bridgehead atoms. The van der Waals surface area contributed by atoms with Gasteiger partial charge in [0.15, 0.2) is 0 Å². The van der Waals surface area contributed by atoms with Gasteiger partial charge in [-0.1, -0.05) is 18.2 Å². The molecule has 3 nitrogen and oxygen atoms in total. The lowest BCUT2D eigenvalue weighted by Crippen LogP contribution is -2.40. The first-order valence-electron chi connectivity index (χ1n) is 10.4. The van der Waals surface area contributed by atoms with Crippen molar-refractivity contribution in [3.8, 4) is 5.75 Å². The quantitative estimate of drug-likeness (QED) is 0.702. The summed E-state index contributed by atoms with van der Waals surface area (Å²) in [5.41, 5.74) is 10.4. The third kappa shape index (κ3) is 4.40. The predicted octanol–water partition coefficient (Wildman–Crippen LogP) is 4.55. The van der Waals surface area contributed by atoms with Crippen LogP contribution in [0.25, 0.3) is 0 Å². The van der Waals surface area contributed by atoms with E-state index in [1.807, 2.05) is 23.9 Å². The predicted molar refractivity (Wildman–Crippen MR) is 116 cm³/mol. The first kappa shape index (κ1) is 19.8. The van der Waals surface area contributed by atoms with Crippen LogP contribution >= 0.6 is 11.8 Å². The fourth-order valence-corrected chi connectivity index (χ4v) is 5.76. The van der Waals surface area contributed by atoms with Gasteiger partial charge < -0.3 is 15.6 Å². The zero-order valence-corrected chi connectivity index (χ0v) is 17.5. The zero-order chi connectivity index (χ0) is 19.6. The summed E-state index contributed by atoms with van der Waals surface area (Å²) < 4.78 is 5.24. The third-order valence-electron chi connectivity index (χ3n) is 6.54. The Bertz CT molecular complexity index is 807. The maximum Gasteiger partial charge on any atom is 0.118 e. The lowest BCUT2D eigenvalue weighted by molar-refractivity contribution is 0.198. The van der Waals surface area contributed by atoms with Crippen LogP contribution < -0.4 is 10.5 Å². The van der Waals surface area contributed by atoms with E-state index in [0.717, 1.165) is 30.9 Å². The summed E-state index contributed by atoms with van der Waals surface area (Å²) in [4.78, 5) is 1.32. The molecule has 0 spiro atoms. The van der Waals surface area contributed by atoms with Crippen LogP contribution in [0.3, 0.4) is 0 Å². The highest BCUT2D eigenvalue weighted by Gasteiger charge is 2.36. The molecule has 2 aliphatic rings. The molecule has 0 aromatic heterocycles. The highest BCUT2D eigenvalue weighted by molar-refractivity contribution is 7.99. The van der Waals surface area contributed by atoms with Gasteiger partial charge in [0.1, 0.15) is 5.75 Å². The van der Waals surface area contributed by atoms with Gasteiger partial charge in [0.2, 0.25) is 0 Å². The van der Waals surface area contributed by atoms with Crippen molar-refractivity contribution in [3.05, 3.63) is 59.2 Å². The van der Waals surface area contributed by atoms with Crippen LogP contribution in [-0.2, 0) is 12.8 Å². The van der Waals surface area contributed by atoms with E-state index in [2.05, 4.69) is 30.3 Å². The zero-order valence-electron chi connectivity index (χ0n) is 16.7. The van der Waals surface area contributed by atoms with E-state index in [4.69, 9.17) is 10.5 Å². The third-order valence-corrected chi connectivity index (χ3v) is 7.78. The van der Waals surface area contributed by atoms with Crippen molar-refractivity contribution in [2.45, 2.75) is 54.9 Å². The molecule has 150 valence electrons. The number of hydrogen-bond donors (Lipinski definition) is 2. The number of thioether (sulfide) groups is 1. The molecular weight excluding hydrogens is 366 g/mol. The highest BCUT2D eigenvalue weighted by atomic mass is 32.2. The van der Waals surface area contributed by atoms with Crippen LogP contribution in [0.5, 0.6) is 5.75 Å². The van der Waals surface area contributed by atoms with Gasteiger partial charge in [0, 0.05) is 16.2 Å². The Kier molecular flexibility index (Phi) is 6.00. The summed E-state index contributed by atoms with van der Waals surface area (Å²) in [6.45, 7) is 0.0992. The van der Waals surface area contributed by atoms with Gasteiger partial charge in [-0.05, 0) is 91.3 Å². The number of fused-ring (bicyclic) bond motifs is 1. The molecule has 28 heavy (non-hydrogen) atoms. The number of rotatable bonds is 6. The second-order valence-electron chi connectivity index (χ2n) is 8.58. The maximum atomic E-state index is 9.54. The largest absolute Gasteiger partial charge is 0.497 e. The topological polar surface area (TPSA) is 55.5 Å². The van der Waals surface area contributed by atoms with Gasteiger partial charge in [-0.15, -0.1) is 11.8 Å². The molecule has 0 radical (unpaired) electrons. The summed E-state index contributed by atoms with van der Waals surface area (Å²) in [6.07, 6.45) is 6.55. The monoisotopic (exact) mass is 397 g/mol. The van der Waals surface area contributed by atoms with Crippen molar-refractivity contribution in [1.29, 1.82) is 0 Å². The number of aliphatic hydroxyl groups is 1. The van der Waals surface area contributed by atoms with Gasteiger partial charge in [-0.3, -0.25) is 0 Å². The molecule has 2 aliphatic carbocycles. The SMILES string of the molecule is COc1ccc(SC[C@@H]2CCc3cc([C@H]4CC[C@](N)(CO)C4)ccc3C2)cc1. The summed E-state index contributed by atoms with van der Waals surface area (Å²) in [5, 5.41) is 9.54. The van der Waals surface area contributed by atoms with Crippen LogP contribution in [0.2, 0.25) is 0 Å². The molecule has 3 atom stereocenters. The molecule has 1 fully saturated rings. The minimum absolute atomic E-state index is 0.0992. The van der Waals surface area contributed by atoms with Crippen molar-refractivity contribution in [3.63, 3.8) is 0 Å². The molecule has 3 N–H and O–H groups in total. The van der Waals surface area contributed by atoms with Gasteiger partial charge in [-0.2, -0.15) is 0 Å². The molecule has 1 saturated carbocycles. The van der Waals surface area contributed by atoms with Gasteiger partial charge in [0.05, 0.1) is 13.7 Å². The fraction of sp³-hybridized carbons (Fsp3) is 0.500. The van der Waals surface area contributed by atoms with Crippen LogP contribution in [0, 0.1) is 5.92 Å². The molecule has 4 rings (SSSR count). The summed E-state index contributed by atoms with van der Waals surface area (Å²) in [7, 11) is 1.71. The normalized spacial score (nSPS) is 26.8. The minimum atomic E-state index is -0.371. The van der Waals surface area contributed by atoms with Crippen LogP contribution in [0.15, 0.2) is 47.4 Å². The average molecular weight is 398 g/mol. The Morgan fingerprint density at radius 2 is 1.96 bits per heavy atom. The number of ether oxygens (including phenoxy) is 1. The first-order valence-corrected chi connectivity index (χ1v) is 11.4. The first-order chi connectivity index (χ1) is 13.6. The van der Waals surface area contributed by atoms with E-state index in [1.54, 1.807) is 7.11 Å². The number of methoxy groups -OCH3 is 1. The standard InChI is InChI=1S/C24H31NO2S/c1-27-22-6-8-23(9-7-22)28-15-17-2-3-19-13-20(5-4-18(19)12-17)21-10-11-24(25,14-21)16-26/h4-9,13,17,21,26H,2-3,10-12,14-16,25H2,1H3/t17-,21+,24-/m1/s1. The Balaban J connectivity index is 1.35. The second-order valence-corrected chi connectivity index (χ2v) is 9.68. The van der Waals surface area contributed by atoms with E-state index >= 15 is 0 Å². The summed E-state index contributed by atoms with van der Waals surface area (Å²) >= 11 is 1.95. The summed E-state index contributed by atoms with van der Waals surface area (Å²) in [6, 6.07) is 15.5. The highest BCUT2D eigenvalue weighted by Crippen LogP contribution is 2.41. The van der Waals surface area contributed by atoms with Crippen molar-refractivity contribution in [1.82, 2.24) is 0 Å². The van der Waals surface area contributed by atoms with Gasteiger partial charge in [-0.25, -0.2) is 0 Å². The molecule has 4 heteroatoms. The molecule has 0 aliphatic heterocycles. The molecular formula is C24H31NO2S. The average Bonchev–Trinajstić information content (AvgIpc) is 3.15. The molecule has 2 aromatic rings. The second kappa shape index (κ2) is 8.48. The lowest BCUT2D eigenvalue weighted by Gasteiger charge is -2.26. The number of hydrogen-bond acceptors (Lipinski definition) is 4. The van der Waals surface area contributed by atoms with Crippen molar-refractivity contribution in [2.24, 2.45) is 11.7 Å². The fourth-order valence-electron chi connectivity index (χ4n) is 4.72. The lowest BCUT2D eigenvalue weighted by atomic mass is 9.82. The Morgan fingerprint density at radius 1 is 1.14 bits per heavy atom. The minimum Gasteiger partial charge on any atom is -0.497 e. The molecule has 2 aromatic carbocycles. The molecule has 0 heterocycles. The van der Waals surface area contributed by atoms with Gasteiger partial charge in [0.25, 0.3) is 0 Å². The van der Waals surface area contributed by atoms with E-state index < -0.39 is 0 Å². The number of benzene rings is 2. The smallest absolute Gasteiger partial charge is 0.118 e. The summed E-state index contributed by atoms with van der Waals surface area (Å²) in [5.74, 6) is 3.33. The Hall–Kier alpha value is -1.49. The van der Waals surface area contributed by atoms with Gasteiger partial charge >= 0.3 is 0 Å². The molecule has 0 amide bonds. The van der Waals surface area contributed by atoms with E-state index in [0.29, 0.717) is 5.92 Å². The Morgan fingerprint density at radius 3 is 2.68 bits per heavy atom. The van der Waals surface area contributed by atoms with E-state index in [1.165, 1.54) is 46.6 Å². The Labute approximate surface area is 172 Å². The van der Waals surface area contributed by atoms with E-state index in [9.17, 15) is 5.11 Å².